The highest BCUT2D eigenvalue weighted by Crippen LogP contribution is 2.23. The SMILES string of the molecule is O=C(Cc1ccc(OC(F)(F)F)cc1)C1CCCCN1. The summed E-state index contributed by atoms with van der Waals surface area (Å²) in [5.74, 6) is -0.196. The number of carbonyl (C=O) groups excluding carboxylic acids is 1. The van der Waals surface area contributed by atoms with Gasteiger partial charge in [0.15, 0.2) is 5.78 Å². The summed E-state index contributed by atoms with van der Waals surface area (Å²) in [7, 11) is 0. The average molecular weight is 287 g/mol. The third kappa shape index (κ3) is 4.52. The van der Waals surface area contributed by atoms with Crippen LogP contribution in [0.1, 0.15) is 24.8 Å². The first kappa shape index (κ1) is 14.8. The molecule has 2 rings (SSSR count). The highest BCUT2D eigenvalue weighted by Gasteiger charge is 2.31. The van der Waals surface area contributed by atoms with Gasteiger partial charge in [-0.2, -0.15) is 0 Å². The highest BCUT2D eigenvalue weighted by molar-refractivity contribution is 5.86. The van der Waals surface area contributed by atoms with Crippen LogP contribution in [0.15, 0.2) is 24.3 Å². The van der Waals surface area contributed by atoms with Crippen LogP contribution in [0.4, 0.5) is 13.2 Å². The number of carbonyl (C=O) groups is 1. The smallest absolute Gasteiger partial charge is 0.406 e. The van der Waals surface area contributed by atoms with Gasteiger partial charge < -0.3 is 10.1 Å². The molecule has 1 unspecified atom stereocenters. The Morgan fingerprint density at radius 1 is 1.25 bits per heavy atom. The molecule has 1 aromatic carbocycles. The number of ketones is 1. The van der Waals surface area contributed by atoms with Crippen LogP contribution in [0.3, 0.4) is 0 Å². The number of hydrogen-bond donors (Lipinski definition) is 1. The van der Waals surface area contributed by atoms with E-state index in [2.05, 4.69) is 10.1 Å². The minimum Gasteiger partial charge on any atom is -0.406 e. The lowest BCUT2D eigenvalue weighted by Gasteiger charge is -2.22. The Balaban J connectivity index is 1.91. The Labute approximate surface area is 115 Å². The van der Waals surface area contributed by atoms with Crippen molar-refractivity contribution in [2.24, 2.45) is 0 Å². The van der Waals surface area contributed by atoms with E-state index in [9.17, 15) is 18.0 Å². The van der Waals surface area contributed by atoms with Gasteiger partial charge in [0, 0.05) is 6.42 Å². The van der Waals surface area contributed by atoms with Gasteiger partial charge in [-0.3, -0.25) is 4.79 Å². The molecule has 0 aliphatic carbocycles. The topological polar surface area (TPSA) is 38.3 Å². The van der Waals surface area contributed by atoms with Crippen LogP contribution in [0.5, 0.6) is 5.75 Å². The number of Topliss-reactive ketones (excluding diaryl/α,β-unsaturated/α-hetero) is 1. The lowest BCUT2D eigenvalue weighted by Crippen LogP contribution is -2.41. The molecule has 0 bridgehead atoms. The summed E-state index contributed by atoms with van der Waals surface area (Å²) >= 11 is 0. The number of halogens is 3. The van der Waals surface area contributed by atoms with E-state index >= 15 is 0 Å². The van der Waals surface area contributed by atoms with E-state index in [1.54, 1.807) is 0 Å². The molecule has 20 heavy (non-hydrogen) atoms. The average Bonchev–Trinajstić information content (AvgIpc) is 2.40. The maximum Gasteiger partial charge on any atom is 0.573 e. The number of benzene rings is 1. The van der Waals surface area contributed by atoms with Crippen LogP contribution in [-0.4, -0.2) is 24.7 Å². The zero-order valence-electron chi connectivity index (χ0n) is 10.9. The summed E-state index contributed by atoms with van der Waals surface area (Å²) in [5, 5.41) is 3.16. The Bertz CT molecular complexity index is 450. The minimum atomic E-state index is -4.69. The van der Waals surface area contributed by atoms with Gasteiger partial charge in [0.1, 0.15) is 5.75 Å². The third-order valence-electron chi connectivity index (χ3n) is 3.23. The van der Waals surface area contributed by atoms with E-state index < -0.39 is 6.36 Å². The van der Waals surface area contributed by atoms with Gasteiger partial charge in [0.05, 0.1) is 6.04 Å². The van der Waals surface area contributed by atoms with Crippen LogP contribution < -0.4 is 10.1 Å². The van der Waals surface area contributed by atoms with Gasteiger partial charge in [-0.1, -0.05) is 18.6 Å². The molecule has 1 saturated heterocycles. The lowest BCUT2D eigenvalue weighted by atomic mass is 9.97. The van der Waals surface area contributed by atoms with Crippen LogP contribution in [0.25, 0.3) is 0 Å². The van der Waals surface area contributed by atoms with Crippen LogP contribution in [0.2, 0.25) is 0 Å². The first-order valence-electron chi connectivity index (χ1n) is 6.55. The van der Waals surface area contributed by atoms with Gasteiger partial charge >= 0.3 is 6.36 Å². The second-order valence-electron chi connectivity index (χ2n) is 4.84. The van der Waals surface area contributed by atoms with Gasteiger partial charge in [-0.25, -0.2) is 0 Å². The fraction of sp³-hybridized carbons (Fsp3) is 0.500. The normalized spacial score (nSPS) is 19.6. The molecule has 6 heteroatoms. The molecule has 1 fully saturated rings. The summed E-state index contributed by atoms with van der Waals surface area (Å²) in [6, 6.07) is 5.30. The van der Waals surface area contributed by atoms with Crippen molar-refractivity contribution in [3.8, 4) is 5.75 Å². The maximum atomic E-state index is 12.0. The largest absolute Gasteiger partial charge is 0.573 e. The van der Waals surface area contributed by atoms with E-state index in [1.807, 2.05) is 0 Å². The number of hydrogen-bond acceptors (Lipinski definition) is 3. The molecular weight excluding hydrogens is 271 g/mol. The highest BCUT2D eigenvalue weighted by atomic mass is 19.4. The van der Waals surface area contributed by atoms with Crippen molar-refractivity contribution >= 4 is 5.78 Å². The number of rotatable bonds is 4. The number of nitrogens with one attached hydrogen (secondary N) is 1. The van der Waals surface area contributed by atoms with Crippen molar-refractivity contribution in [3.63, 3.8) is 0 Å². The molecule has 1 aliphatic rings. The van der Waals surface area contributed by atoms with Crippen molar-refractivity contribution in [1.29, 1.82) is 0 Å². The summed E-state index contributed by atoms with van der Waals surface area (Å²) in [5.41, 5.74) is 0.692. The first-order chi connectivity index (χ1) is 9.44. The molecule has 1 atom stereocenters. The first-order valence-corrected chi connectivity index (χ1v) is 6.55. The van der Waals surface area contributed by atoms with Crippen molar-refractivity contribution in [2.45, 2.75) is 38.1 Å². The fourth-order valence-electron chi connectivity index (χ4n) is 2.26. The molecule has 1 aromatic rings. The molecule has 110 valence electrons. The standard InChI is InChI=1S/C14H16F3NO2/c15-14(16,17)20-11-6-4-10(5-7-11)9-13(19)12-3-1-2-8-18-12/h4-7,12,18H,1-3,8-9H2. The lowest BCUT2D eigenvalue weighted by molar-refractivity contribution is -0.274. The van der Waals surface area contributed by atoms with E-state index in [4.69, 9.17) is 0 Å². The summed E-state index contributed by atoms with van der Waals surface area (Å²) in [4.78, 5) is 12.0. The molecule has 0 saturated carbocycles. The van der Waals surface area contributed by atoms with Gasteiger partial charge in [0.25, 0.3) is 0 Å². The van der Waals surface area contributed by atoms with E-state index in [0.29, 0.717) is 5.56 Å². The van der Waals surface area contributed by atoms with E-state index in [-0.39, 0.29) is 24.0 Å². The fourth-order valence-corrected chi connectivity index (χ4v) is 2.26. The van der Waals surface area contributed by atoms with Gasteiger partial charge in [-0.05, 0) is 37.1 Å². The van der Waals surface area contributed by atoms with Crippen molar-refractivity contribution in [3.05, 3.63) is 29.8 Å². The minimum absolute atomic E-state index is 0.0780. The third-order valence-corrected chi connectivity index (χ3v) is 3.23. The van der Waals surface area contributed by atoms with Crippen LogP contribution in [0, 0.1) is 0 Å². The zero-order valence-corrected chi connectivity index (χ0v) is 10.9. The second kappa shape index (κ2) is 6.26. The maximum absolute atomic E-state index is 12.0. The van der Waals surface area contributed by atoms with Crippen molar-refractivity contribution in [1.82, 2.24) is 5.32 Å². The van der Waals surface area contributed by atoms with Crippen molar-refractivity contribution < 1.29 is 22.7 Å². The zero-order chi connectivity index (χ0) is 14.6. The van der Waals surface area contributed by atoms with E-state index in [1.165, 1.54) is 24.3 Å². The molecule has 1 aliphatic heterocycles. The van der Waals surface area contributed by atoms with Crippen LogP contribution in [-0.2, 0) is 11.2 Å². The molecule has 0 spiro atoms. The number of piperidine rings is 1. The quantitative estimate of drug-likeness (QED) is 0.925. The van der Waals surface area contributed by atoms with Gasteiger partial charge in [-0.15, -0.1) is 13.2 Å². The molecule has 0 amide bonds. The molecule has 0 radical (unpaired) electrons. The Hall–Kier alpha value is -1.56. The summed E-state index contributed by atoms with van der Waals surface area (Å²) in [6.07, 6.45) is -1.53. The summed E-state index contributed by atoms with van der Waals surface area (Å²) in [6.45, 7) is 0.842. The van der Waals surface area contributed by atoms with Crippen molar-refractivity contribution in [2.75, 3.05) is 6.54 Å². The molecular formula is C14H16F3NO2. The number of alkyl halides is 3. The monoisotopic (exact) mass is 287 g/mol. The summed E-state index contributed by atoms with van der Waals surface area (Å²) < 4.78 is 39.8. The predicted octanol–water partition coefficient (Wildman–Crippen LogP) is 2.84. The van der Waals surface area contributed by atoms with Gasteiger partial charge in [0.2, 0.25) is 0 Å². The van der Waals surface area contributed by atoms with Crippen LogP contribution >= 0.6 is 0 Å². The predicted molar refractivity (Wildman–Crippen MR) is 67.5 cm³/mol. The second-order valence-corrected chi connectivity index (χ2v) is 4.84. The Kier molecular flexibility index (Phi) is 4.65. The Morgan fingerprint density at radius 2 is 1.95 bits per heavy atom. The molecule has 3 nitrogen and oxygen atoms in total. The molecule has 1 N–H and O–H groups in total. The Morgan fingerprint density at radius 3 is 2.50 bits per heavy atom. The van der Waals surface area contributed by atoms with E-state index in [0.717, 1.165) is 25.8 Å². The molecule has 1 heterocycles. The number of ether oxygens (including phenoxy) is 1. The molecule has 0 aromatic heterocycles.